The number of hydrogen-bond donors (Lipinski definition) is 1. The number of rotatable bonds is 2. The average Bonchev–Trinajstić information content (AvgIpc) is 2.33. The second kappa shape index (κ2) is 4.88. The van der Waals surface area contributed by atoms with Gasteiger partial charge in [0.25, 0.3) is 0 Å². The normalized spacial score (nSPS) is 10.5. The zero-order valence-electron chi connectivity index (χ0n) is 11.7. The SMILES string of the molecule is Cc1cc(C)c(-c2cccc(C)c2C)cc1C(=O)O. The molecule has 0 aliphatic carbocycles. The van der Waals surface area contributed by atoms with E-state index in [9.17, 15) is 9.90 Å². The summed E-state index contributed by atoms with van der Waals surface area (Å²) in [5.74, 6) is -0.871. The highest BCUT2D eigenvalue weighted by atomic mass is 16.4. The van der Waals surface area contributed by atoms with Gasteiger partial charge >= 0.3 is 5.97 Å². The maximum absolute atomic E-state index is 11.3. The van der Waals surface area contributed by atoms with Gasteiger partial charge in [-0.15, -0.1) is 0 Å². The van der Waals surface area contributed by atoms with Gasteiger partial charge in [-0.1, -0.05) is 24.3 Å². The van der Waals surface area contributed by atoms with Crippen LogP contribution in [0.3, 0.4) is 0 Å². The molecular formula is C17H18O2. The summed E-state index contributed by atoms with van der Waals surface area (Å²) in [5.41, 5.74) is 6.82. The Labute approximate surface area is 113 Å². The van der Waals surface area contributed by atoms with Crippen molar-refractivity contribution in [3.8, 4) is 11.1 Å². The minimum atomic E-state index is -0.871. The van der Waals surface area contributed by atoms with Crippen LogP contribution < -0.4 is 0 Å². The molecule has 0 aliphatic rings. The number of aryl methyl sites for hydroxylation is 3. The van der Waals surface area contributed by atoms with Crippen LogP contribution in [0.4, 0.5) is 0 Å². The fourth-order valence-corrected chi connectivity index (χ4v) is 2.42. The van der Waals surface area contributed by atoms with Crippen molar-refractivity contribution in [3.63, 3.8) is 0 Å². The summed E-state index contributed by atoms with van der Waals surface area (Å²) in [6.45, 7) is 8.00. The van der Waals surface area contributed by atoms with Gasteiger partial charge in [-0.05, 0) is 67.1 Å². The van der Waals surface area contributed by atoms with E-state index in [4.69, 9.17) is 0 Å². The molecule has 2 aromatic rings. The molecule has 0 aliphatic heterocycles. The molecule has 1 N–H and O–H groups in total. The van der Waals surface area contributed by atoms with Gasteiger partial charge in [0.05, 0.1) is 5.56 Å². The predicted octanol–water partition coefficient (Wildman–Crippen LogP) is 4.29. The van der Waals surface area contributed by atoms with Gasteiger partial charge in [0.1, 0.15) is 0 Å². The van der Waals surface area contributed by atoms with Crippen LogP contribution in [0.5, 0.6) is 0 Å². The lowest BCUT2D eigenvalue weighted by molar-refractivity contribution is 0.0696. The van der Waals surface area contributed by atoms with Crippen LogP contribution in [-0.2, 0) is 0 Å². The standard InChI is InChI=1S/C17H18O2/c1-10-6-5-7-14(13(10)4)15-9-16(17(18)19)12(3)8-11(15)2/h5-9H,1-4H3,(H,18,19). The molecule has 0 atom stereocenters. The second-order valence-electron chi connectivity index (χ2n) is 5.03. The van der Waals surface area contributed by atoms with Crippen LogP contribution in [0, 0.1) is 27.7 Å². The van der Waals surface area contributed by atoms with Gasteiger partial charge in [-0.2, -0.15) is 0 Å². The fraction of sp³-hybridized carbons (Fsp3) is 0.235. The van der Waals surface area contributed by atoms with Crippen LogP contribution >= 0.6 is 0 Å². The Hall–Kier alpha value is -2.09. The molecule has 0 amide bonds. The molecule has 0 saturated heterocycles. The van der Waals surface area contributed by atoms with Gasteiger partial charge in [-0.25, -0.2) is 4.79 Å². The molecule has 19 heavy (non-hydrogen) atoms. The first kappa shape index (κ1) is 13.3. The third kappa shape index (κ3) is 2.39. The molecule has 2 nitrogen and oxygen atoms in total. The Kier molecular flexibility index (Phi) is 3.43. The Morgan fingerprint density at radius 1 is 0.895 bits per heavy atom. The van der Waals surface area contributed by atoms with Crippen LogP contribution in [0.1, 0.15) is 32.6 Å². The minimum Gasteiger partial charge on any atom is -0.478 e. The summed E-state index contributed by atoms with van der Waals surface area (Å²) in [6, 6.07) is 9.86. The van der Waals surface area contributed by atoms with E-state index < -0.39 is 5.97 Å². The third-order valence-electron chi connectivity index (χ3n) is 3.70. The van der Waals surface area contributed by atoms with E-state index in [1.165, 1.54) is 11.1 Å². The molecular weight excluding hydrogens is 236 g/mol. The third-order valence-corrected chi connectivity index (χ3v) is 3.70. The van der Waals surface area contributed by atoms with Gasteiger partial charge < -0.3 is 5.11 Å². The number of carbonyl (C=O) groups is 1. The lowest BCUT2D eigenvalue weighted by Gasteiger charge is -2.14. The van der Waals surface area contributed by atoms with E-state index in [1.807, 2.05) is 32.0 Å². The summed E-state index contributed by atoms with van der Waals surface area (Å²) in [5, 5.41) is 9.25. The van der Waals surface area contributed by atoms with Crippen molar-refractivity contribution in [1.82, 2.24) is 0 Å². The highest BCUT2D eigenvalue weighted by Gasteiger charge is 2.13. The molecule has 0 bridgehead atoms. The van der Waals surface area contributed by atoms with Crippen molar-refractivity contribution in [2.75, 3.05) is 0 Å². The Morgan fingerprint density at radius 3 is 2.21 bits per heavy atom. The number of hydrogen-bond acceptors (Lipinski definition) is 1. The van der Waals surface area contributed by atoms with E-state index in [0.717, 1.165) is 22.3 Å². The summed E-state index contributed by atoms with van der Waals surface area (Å²) < 4.78 is 0. The molecule has 0 spiro atoms. The molecule has 0 unspecified atom stereocenters. The summed E-state index contributed by atoms with van der Waals surface area (Å²) in [7, 11) is 0. The Morgan fingerprint density at radius 2 is 1.58 bits per heavy atom. The first-order valence-corrected chi connectivity index (χ1v) is 6.33. The van der Waals surface area contributed by atoms with Crippen molar-refractivity contribution < 1.29 is 9.90 Å². The molecule has 0 fully saturated rings. The van der Waals surface area contributed by atoms with Crippen LogP contribution in [0.2, 0.25) is 0 Å². The molecule has 2 aromatic carbocycles. The molecule has 0 saturated carbocycles. The first-order valence-electron chi connectivity index (χ1n) is 6.33. The average molecular weight is 254 g/mol. The summed E-state index contributed by atoms with van der Waals surface area (Å²) >= 11 is 0. The van der Waals surface area contributed by atoms with Crippen LogP contribution in [0.25, 0.3) is 11.1 Å². The van der Waals surface area contributed by atoms with Crippen molar-refractivity contribution >= 4 is 5.97 Å². The van der Waals surface area contributed by atoms with Crippen molar-refractivity contribution in [2.45, 2.75) is 27.7 Å². The topological polar surface area (TPSA) is 37.3 Å². The molecule has 2 rings (SSSR count). The molecule has 0 aromatic heterocycles. The minimum absolute atomic E-state index is 0.376. The largest absolute Gasteiger partial charge is 0.478 e. The highest BCUT2D eigenvalue weighted by Crippen LogP contribution is 2.30. The van der Waals surface area contributed by atoms with E-state index in [0.29, 0.717) is 5.56 Å². The lowest BCUT2D eigenvalue weighted by atomic mass is 9.91. The quantitative estimate of drug-likeness (QED) is 0.868. The van der Waals surface area contributed by atoms with Crippen molar-refractivity contribution in [1.29, 1.82) is 0 Å². The van der Waals surface area contributed by atoms with Gasteiger partial charge in [0.15, 0.2) is 0 Å². The zero-order valence-corrected chi connectivity index (χ0v) is 11.7. The van der Waals surface area contributed by atoms with Crippen molar-refractivity contribution in [2.24, 2.45) is 0 Å². The number of benzene rings is 2. The van der Waals surface area contributed by atoms with Gasteiger partial charge in [-0.3, -0.25) is 0 Å². The van der Waals surface area contributed by atoms with E-state index >= 15 is 0 Å². The van der Waals surface area contributed by atoms with E-state index in [1.54, 1.807) is 6.07 Å². The van der Waals surface area contributed by atoms with E-state index in [2.05, 4.69) is 19.9 Å². The van der Waals surface area contributed by atoms with Gasteiger partial charge in [0, 0.05) is 0 Å². The predicted molar refractivity (Wildman–Crippen MR) is 77.8 cm³/mol. The lowest BCUT2D eigenvalue weighted by Crippen LogP contribution is -2.02. The number of carboxylic acid groups (broad SMARTS) is 1. The monoisotopic (exact) mass is 254 g/mol. The maximum Gasteiger partial charge on any atom is 0.335 e. The zero-order chi connectivity index (χ0) is 14.2. The molecule has 0 radical (unpaired) electrons. The van der Waals surface area contributed by atoms with E-state index in [-0.39, 0.29) is 0 Å². The first-order chi connectivity index (χ1) is 8.91. The van der Waals surface area contributed by atoms with Crippen LogP contribution in [-0.4, -0.2) is 11.1 Å². The number of carboxylic acids is 1. The molecule has 2 heteroatoms. The fourth-order valence-electron chi connectivity index (χ4n) is 2.42. The maximum atomic E-state index is 11.3. The number of aromatic carboxylic acids is 1. The van der Waals surface area contributed by atoms with Crippen molar-refractivity contribution in [3.05, 3.63) is 58.1 Å². The van der Waals surface area contributed by atoms with Gasteiger partial charge in [0.2, 0.25) is 0 Å². The summed E-state index contributed by atoms with van der Waals surface area (Å²) in [4.78, 5) is 11.3. The van der Waals surface area contributed by atoms with Crippen LogP contribution in [0.15, 0.2) is 30.3 Å². The Balaban J connectivity index is 2.72. The molecule has 98 valence electrons. The second-order valence-corrected chi connectivity index (χ2v) is 5.03. The smallest absolute Gasteiger partial charge is 0.335 e. The molecule has 0 heterocycles. The Bertz CT molecular complexity index is 655. The highest BCUT2D eigenvalue weighted by molar-refractivity contribution is 5.92. The summed E-state index contributed by atoms with van der Waals surface area (Å²) in [6.07, 6.45) is 0.